The fourth-order valence-corrected chi connectivity index (χ4v) is 3.04. The topological polar surface area (TPSA) is 72.3 Å². The third-order valence-corrected chi connectivity index (χ3v) is 4.38. The molecular weight excluding hydrogens is 306 g/mol. The van der Waals surface area contributed by atoms with E-state index in [1.54, 1.807) is 6.07 Å². The Morgan fingerprint density at radius 2 is 2.26 bits per heavy atom. The lowest BCUT2D eigenvalue weighted by Gasteiger charge is -2.38. The Balaban J connectivity index is 2.29. The van der Waals surface area contributed by atoms with Crippen LogP contribution in [0.4, 0.5) is 5.69 Å². The fourth-order valence-electron chi connectivity index (χ4n) is 2.68. The zero-order valence-electron chi connectivity index (χ0n) is 11.1. The molecule has 0 spiro atoms. The second kappa shape index (κ2) is 5.92. The molecule has 2 unspecified atom stereocenters. The van der Waals surface area contributed by atoms with Crippen molar-refractivity contribution < 1.29 is 4.79 Å². The lowest BCUT2D eigenvalue weighted by molar-refractivity contribution is 0.100. The second-order valence-corrected chi connectivity index (χ2v) is 6.01. The first kappa shape index (κ1) is 14.3. The smallest absolute Gasteiger partial charge is 0.250 e. The van der Waals surface area contributed by atoms with Gasteiger partial charge in [-0.2, -0.15) is 0 Å². The van der Waals surface area contributed by atoms with Crippen molar-refractivity contribution in [2.75, 3.05) is 18.0 Å². The van der Waals surface area contributed by atoms with E-state index < -0.39 is 0 Å². The number of nitrogens with two attached hydrogens (primary N) is 2. The lowest BCUT2D eigenvalue weighted by Crippen LogP contribution is -2.47. The Morgan fingerprint density at radius 3 is 2.89 bits per heavy atom. The minimum atomic E-state index is -0.390. The van der Waals surface area contributed by atoms with Gasteiger partial charge in [0.2, 0.25) is 0 Å². The van der Waals surface area contributed by atoms with E-state index in [4.69, 9.17) is 11.5 Å². The molecule has 0 saturated carbocycles. The first-order valence-corrected chi connectivity index (χ1v) is 7.42. The molecule has 0 aromatic heterocycles. The average molecular weight is 326 g/mol. The van der Waals surface area contributed by atoms with Crippen molar-refractivity contribution >= 4 is 27.5 Å². The molecule has 1 aliphatic rings. The Kier molecular flexibility index (Phi) is 4.47. The van der Waals surface area contributed by atoms with Gasteiger partial charge in [0.1, 0.15) is 0 Å². The van der Waals surface area contributed by atoms with Gasteiger partial charge in [-0.1, -0.05) is 29.3 Å². The largest absolute Gasteiger partial charge is 0.370 e. The fraction of sp³-hybridized carbons (Fsp3) is 0.500. The normalized spacial score (nSPS) is 23.4. The highest BCUT2D eigenvalue weighted by atomic mass is 79.9. The monoisotopic (exact) mass is 325 g/mol. The molecule has 19 heavy (non-hydrogen) atoms. The summed E-state index contributed by atoms with van der Waals surface area (Å²) in [4.78, 5) is 13.8. The molecule has 1 amide bonds. The van der Waals surface area contributed by atoms with Crippen LogP contribution in [0, 0.1) is 5.92 Å². The maximum absolute atomic E-state index is 11.6. The van der Waals surface area contributed by atoms with Crippen LogP contribution in [-0.2, 0) is 0 Å². The van der Waals surface area contributed by atoms with Crippen LogP contribution in [0.2, 0.25) is 0 Å². The first-order chi connectivity index (χ1) is 9.02. The summed E-state index contributed by atoms with van der Waals surface area (Å²) in [6.45, 7) is 3.92. The highest BCUT2D eigenvalue weighted by Gasteiger charge is 2.27. The molecule has 2 rings (SSSR count). The quantitative estimate of drug-likeness (QED) is 0.894. The van der Waals surface area contributed by atoms with Gasteiger partial charge in [0.05, 0.1) is 5.56 Å². The molecule has 1 heterocycles. The minimum absolute atomic E-state index is 0.258. The molecular formula is C14H20BrN3O. The van der Waals surface area contributed by atoms with E-state index in [0.717, 1.165) is 36.1 Å². The SMILES string of the molecule is CCC1CN(c2ccc(Br)cc2C(N)=O)CCC1N. The number of hydrogen-bond donors (Lipinski definition) is 2. The molecule has 0 radical (unpaired) electrons. The molecule has 5 heteroatoms. The van der Waals surface area contributed by atoms with Crippen LogP contribution in [0.15, 0.2) is 22.7 Å². The Bertz CT molecular complexity index is 478. The average Bonchev–Trinajstić information content (AvgIpc) is 2.39. The van der Waals surface area contributed by atoms with Gasteiger partial charge in [0.25, 0.3) is 5.91 Å². The molecule has 0 bridgehead atoms. The maximum Gasteiger partial charge on any atom is 0.250 e. The summed E-state index contributed by atoms with van der Waals surface area (Å²) in [5.74, 6) is 0.0809. The zero-order chi connectivity index (χ0) is 14.0. The van der Waals surface area contributed by atoms with E-state index in [9.17, 15) is 4.79 Å². The molecule has 4 N–H and O–H groups in total. The van der Waals surface area contributed by atoms with Crippen LogP contribution in [0.5, 0.6) is 0 Å². The molecule has 0 aliphatic carbocycles. The van der Waals surface area contributed by atoms with Gasteiger partial charge in [-0.15, -0.1) is 0 Å². The number of nitrogens with zero attached hydrogens (tertiary/aromatic N) is 1. The summed E-state index contributed by atoms with van der Waals surface area (Å²) in [7, 11) is 0. The van der Waals surface area contributed by atoms with Crippen LogP contribution in [-0.4, -0.2) is 25.0 Å². The van der Waals surface area contributed by atoms with Crippen LogP contribution < -0.4 is 16.4 Å². The molecule has 2 atom stereocenters. The summed E-state index contributed by atoms with van der Waals surface area (Å²) >= 11 is 3.38. The van der Waals surface area contributed by atoms with Crippen molar-refractivity contribution in [2.24, 2.45) is 17.4 Å². The summed E-state index contributed by atoms with van der Waals surface area (Å²) in [5, 5.41) is 0. The van der Waals surface area contributed by atoms with Crippen molar-refractivity contribution in [2.45, 2.75) is 25.8 Å². The van der Waals surface area contributed by atoms with E-state index in [-0.39, 0.29) is 11.9 Å². The number of carbonyl (C=O) groups is 1. The third kappa shape index (κ3) is 3.09. The van der Waals surface area contributed by atoms with Crippen LogP contribution >= 0.6 is 15.9 Å². The van der Waals surface area contributed by atoms with Crippen molar-refractivity contribution in [1.29, 1.82) is 0 Å². The molecule has 1 fully saturated rings. The Hall–Kier alpha value is -1.07. The molecule has 1 aromatic carbocycles. The van der Waals surface area contributed by atoms with E-state index in [1.165, 1.54) is 0 Å². The second-order valence-electron chi connectivity index (χ2n) is 5.09. The van der Waals surface area contributed by atoms with Crippen LogP contribution in [0.25, 0.3) is 0 Å². The highest BCUT2D eigenvalue weighted by molar-refractivity contribution is 9.10. The number of halogens is 1. The van der Waals surface area contributed by atoms with Gasteiger partial charge in [-0.05, 0) is 30.5 Å². The Labute approximate surface area is 122 Å². The lowest BCUT2D eigenvalue weighted by atomic mass is 9.90. The van der Waals surface area contributed by atoms with Crippen molar-refractivity contribution in [1.82, 2.24) is 0 Å². The summed E-state index contributed by atoms with van der Waals surface area (Å²) in [6.07, 6.45) is 2.01. The van der Waals surface area contributed by atoms with Crippen LogP contribution in [0.3, 0.4) is 0 Å². The molecule has 1 saturated heterocycles. The molecule has 104 valence electrons. The zero-order valence-corrected chi connectivity index (χ0v) is 12.7. The minimum Gasteiger partial charge on any atom is -0.370 e. The number of hydrogen-bond acceptors (Lipinski definition) is 3. The van der Waals surface area contributed by atoms with Gasteiger partial charge in [0, 0.05) is 29.3 Å². The number of anilines is 1. The number of primary amides is 1. The standard InChI is InChI=1S/C14H20BrN3O/c1-2-9-8-18(6-5-12(9)16)13-4-3-10(15)7-11(13)14(17)19/h3-4,7,9,12H,2,5-6,8,16H2,1H3,(H2,17,19). The summed E-state index contributed by atoms with van der Waals surface area (Å²) in [5.41, 5.74) is 13.1. The molecule has 1 aliphatic heterocycles. The van der Waals surface area contributed by atoms with E-state index >= 15 is 0 Å². The highest BCUT2D eigenvalue weighted by Crippen LogP contribution is 2.29. The Morgan fingerprint density at radius 1 is 1.53 bits per heavy atom. The first-order valence-electron chi connectivity index (χ1n) is 6.62. The van der Waals surface area contributed by atoms with Gasteiger partial charge in [-0.25, -0.2) is 0 Å². The van der Waals surface area contributed by atoms with Gasteiger partial charge >= 0.3 is 0 Å². The van der Waals surface area contributed by atoms with E-state index in [0.29, 0.717) is 11.5 Å². The number of carbonyl (C=O) groups excluding carboxylic acids is 1. The third-order valence-electron chi connectivity index (χ3n) is 3.88. The van der Waals surface area contributed by atoms with E-state index in [1.807, 2.05) is 12.1 Å². The van der Waals surface area contributed by atoms with E-state index in [2.05, 4.69) is 27.8 Å². The predicted molar refractivity (Wildman–Crippen MR) is 81.2 cm³/mol. The van der Waals surface area contributed by atoms with Crippen molar-refractivity contribution in [3.63, 3.8) is 0 Å². The number of amides is 1. The van der Waals surface area contributed by atoms with Crippen molar-refractivity contribution in [3.05, 3.63) is 28.2 Å². The summed E-state index contributed by atoms with van der Waals surface area (Å²) < 4.78 is 0.866. The van der Waals surface area contributed by atoms with Gasteiger partial charge < -0.3 is 16.4 Å². The number of benzene rings is 1. The van der Waals surface area contributed by atoms with Gasteiger partial charge in [-0.3, -0.25) is 4.79 Å². The van der Waals surface area contributed by atoms with Crippen molar-refractivity contribution in [3.8, 4) is 0 Å². The predicted octanol–water partition coefficient (Wildman–Crippen LogP) is 2.11. The molecule has 1 aromatic rings. The number of piperidine rings is 1. The molecule has 4 nitrogen and oxygen atoms in total. The number of rotatable bonds is 3. The maximum atomic E-state index is 11.6. The van der Waals surface area contributed by atoms with Crippen LogP contribution in [0.1, 0.15) is 30.1 Å². The van der Waals surface area contributed by atoms with Gasteiger partial charge in [0.15, 0.2) is 0 Å². The summed E-state index contributed by atoms with van der Waals surface area (Å²) in [6, 6.07) is 5.94.